The summed E-state index contributed by atoms with van der Waals surface area (Å²) in [5.74, 6) is 0.287. The largest absolute Gasteiger partial charge is 0.486 e. The first-order valence-electron chi connectivity index (χ1n) is 13.5. The predicted octanol–water partition coefficient (Wildman–Crippen LogP) is 6.95. The summed E-state index contributed by atoms with van der Waals surface area (Å²) < 4.78 is 33.0. The minimum atomic E-state index is -0.516. The first-order chi connectivity index (χ1) is 21.2. The number of nitrogens with zero attached hydrogens (tertiary/aromatic N) is 2. The average molecular weight is 660 g/mol. The number of rotatable bonds is 11. The number of hydrazone groups is 1. The zero-order valence-corrected chi connectivity index (χ0v) is 25.4. The van der Waals surface area contributed by atoms with Crippen LogP contribution in [0.25, 0.3) is 5.69 Å². The summed E-state index contributed by atoms with van der Waals surface area (Å²) in [6, 6.07) is 25.8. The van der Waals surface area contributed by atoms with Gasteiger partial charge in [-0.3, -0.25) is 9.59 Å². The van der Waals surface area contributed by atoms with E-state index < -0.39 is 17.6 Å². The summed E-state index contributed by atoms with van der Waals surface area (Å²) >= 11 is 3.40. The van der Waals surface area contributed by atoms with Crippen molar-refractivity contribution in [3.05, 3.63) is 130 Å². The second kappa shape index (κ2) is 13.9. The summed E-state index contributed by atoms with van der Waals surface area (Å²) in [7, 11) is 0. The Morgan fingerprint density at radius 3 is 2.45 bits per heavy atom. The molecule has 3 aromatic carbocycles. The number of hydrogen-bond donors (Lipinski definition) is 2. The summed E-state index contributed by atoms with van der Waals surface area (Å²) in [5, 5.41) is 6.55. The number of hydrogen-bond acceptors (Lipinski definition) is 6. The van der Waals surface area contributed by atoms with Gasteiger partial charge in [0.15, 0.2) is 12.4 Å². The number of aromatic nitrogens is 1. The third-order valence-electron chi connectivity index (χ3n) is 6.44. The Labute approximate surface area is 261 Å². The van der Waals surface area contributed by atoms with Gasteiger partial charge in [0.25, 0.3) is 5.91 Å². The molecule has 0 unspecified atom stereocenters. The molecule has 5 aromatic rings. The van der Waals surface area contributed by atoms with Crippen molar-refractivity contribution < 1.29 is 27.9 Å². The Morgan fingerprint density at radius 2 is 1.73 bits per heavy atom. The number of nitrogens with one attached hydrogen (secondary N) is 2. The molecular formula is C33H28BrFN4O5. The molecule has 2 heterocycles. The van der Waals surface area contributed by atoms with E-state index in [1.807, 2.05) is 24.3 Å². The summed E-state index contributed by atoms with van der Waals surface area (Å²) in [5.41, 5.74) is 6.79. The zero-order valence-electron chi connectivity index (χ0n) is 23.8. The lowest BCUT2D eigenvalue weighted by atomic mass is 10.2. The van der Waals surface area contributed by atoms with Gasteiger partial charge in [0, 0.05) is 22.8 Å². The predicted molar refractivity (Wildman–Crippen MR) is 168 cm³/mol. The van der Waals surface area contributed by atoms with E-state index in [2.05, 4.69) is 62.3 Å². The molecule has 5 rings (SSSR count). The molecule has 0 atom stereocenters. The van der Waals surface area contributed by atoms with E-state index in [4.69, 9.17) is 13.9 Å². The molecule has 11 heteroatoms. The van der Waals surface area contributed by atoms with Gasteiger partial charge in [-0.2, -0.15) is 5.10 Å². The van der Waals surface area contributed by atoms with Crippen LogP contribution in [0, 0.1) is 19.7 Å². The minimum Gasteiger partial charge on any atom is -0.486 e. The van der Waals surface area contributed by atoms with Crippen molar-refractivity contribution in [2.75, 3.05) is 11.9 Å². The molecule has 0 aliphatic carbocycles. The Bertz CT molecular complexity index is 1790. The maximum Gasteiger partial charge on any atom is 0.307 e. The molecule has 0 spiro atoms. The average Bonchev–Trinajstić information content (AvgIpc) is 3.62. The molecule has 0 fully saturated rings. The Hall–Kier alpha value is -5.16. The third-order valence-corrected chi connectivity index (χ3v) is 7.06. The first kappa shape index (κ1) is 30.3. The van der Waals surface area contributed by atoms with Gasteiger partial charge in [-0.1, -0.05) is 6.07 Å². The van der Waals surface area contributed by atoms with Crippen molar-refractivity contribution in [3.63, 3.8) is 0 Å². The number of anilines is 1. The van der Waals surface area contributed by atoms with Crippen LogP contribution >= 0.6 is 15.9 Å². The van der Waals surface area contributed by atoms with Crippen LogP contribution in [0.4, 0.5) is 10.1 Å². The van der Waals surface area contributed by atoms with Crippen LogP contribution in [0.5, 0.6) is 11.5 Å². The standard InChI is InChI=1S/C33H28BrFN4O5/c1-21-6-7-22(2)39(21)26-9-11-27(12-10-26)42-19-28-13-15-31(44-28)33(41)38-36-18-23-8-14-30(29(34)16-23)43-20-32(40)37-25-5-3-4-24(35)17-25/h3-18H,19-20H2,1-2H3,(H,37,40)(H,38,41)/b36-18+. The fourth-order valence-corrected chi connectivity index (χ4v) is 4.85. The first-order valence-corrected chi connectivity index (χ1v) is 14.3. The molecule has 2 N–H and O–H groups in total. The van der Waals surface area contributed by atoms with Crippen molar-refractivity contribution in [2.45, 2.75) is 20.5 Å². The number of benzene rings is 3. The normalized spacial score (nSPS) is 11.0. The van der Waals surface area contributed by atoms with Crippen molar-refractivity contribution in [1.29, 1.82) is 0 Å². The number of amides is 2. The quantitative estimate of drug-likeness (QED) is 0.118. The number of ether oxygens (including phenoxy) is 2. The molecule has 44 heavy (non-hydrogen) atoms. The smallest absolute Gasteiger partial charge is 0.307 e. The SMILES string of the molecule is Cc1ccc(C)n1-c1ccc(OCc2ccc(C(=O)N/N=C/c3ccc(OCC(=O)Nc4cccc(F)c4)c(Br)c3)o2)cc1. The maximum absolute atomic E-state index is 13.3. The molecule has 224 valence electrons. The number of furan rings is 1. The number of aryl methyl sites for hydroxylation is 2. The van der Waals surface area contributed by atoms with E-state index in [0.717, 1.165) is 17.1 Å². The Kier molecular flexibility index (Phi) is 9.56. The lowest BCUT2D eigenvalue weighted by molar-refractivity contribution is -0.118. The van der Waals surface area contributed by atoms with Gasteiger partial charge >= 0.3 is 5.91 Å². The van der Waals surface area contributed by atoms with Crippen molar-refractivity contribution in [2.24, 2.45) is 5.10 Å². The highest BCUT2D eigenvalue weighted by atomic mass is 79.9. The number of carbonyl (C=O) groups excluding carboxylic acids is 2. The van der Waals surface area contributed by atoms with Crippen molar-refractivity contribution in [3.8, 4) is 17.2 Å². The lowest BCUT2D eigenvalue weighted by Crippen LogP contribution is -2.20. The highest BCUT2D eigenvalue weighted by molar-refractivity contribution is 9.10. The molecule has 0 aliphatic heterocycles. The minimum absolute atomic E-state index is 0.0936. The highest BCUT2D eigenvalue weighted by Crippen LogP contribution is 2.26. The van der Waals surface area contributed by atoms with E-state index >= 15 is 0 Å². The molecule has 2 amide bonds. The molecule has 0 saturated carbocycles. The monoisotopic (exact) mass is 658 g/mol. The highest BCUT2D eigenvalue weighted by Gasteiger charge is 2.12. The molecule has 0 saturated heterocycles. The molecule has 9 nitrogen and oxygen atoms in total. The molecule has 0 bridgehead atoms. The van der Waals surface area contributed by atoms with Gasteiger partial charge in [0.2, 0.25) is 0 Å². The molecule has 2 aromatic heterocycles. The number of carbonyl (C=O) groups is 2. The van der Waals surface area contributed by atoms with Crippen LogP contribution in [-0.2, 0) is 11.4 Å². The second-order valence-electron chi connectivity index (χ2n) is 9.74. The van der Waals surface area contributed by atoms with E-state index in [-0.39, 0.29) is 19.0 Å². The third kappa shape index (κ3) is 7.81. The van der Waals surface area contributed by atoms with E-state index in [1.165, 1.54) is 24.4 Å². The van der Waals surface area contributed by atoms with E-state index in [1.54, 1.807) is 36.4 Å². The van der Waals surface area contributed by atoms with Gasteiger partial charge in [-0.25, -0.2) is 9.82 Å². The Balaban J connectivity index is 1.08. The van der Waals surface area contributed by atoms with Crippen LogP contribution in [0.3, 0.4) is 0 Å². The number of halogens is 2. The Morgan fingerprint density at radius 1 is 0.955 bits per heavy atom. The van der Waals surface area contributed by atoms with Crippen LogP contribution in [0.15, 0.2) is 105 Å². The van der Waals surface area contributed by atoms with Crippen LogP contribution in [-0.4, -0.2) is 29.2 Å². The van der Waals surface area contributed by atoms with Crippen LogP contribution in [0.2, 0.25) is 0 Å². The fourth-order valence-electron chi connectivity index (χ4n) is 4.34. The molecule has 0 radical (unpaired) electrons. The topological polar surface area (TPSA) is 107 Å². The second-order valence-corrected chi connectivity index (χ2v) is 10.6. The molecular weight excluding hydrogens is 631 g/mol. The summed E-state index contributed by atoms with van der Waals surface area (Å²) in [6.07, 6.45) is 1.45. The van der Waals surface area contributed by atoms with Crippen LogP contribution < -0.4 is 20.2 Å². The zero-order chi connectivity index (χ0) is 31.1. The fraction of sp³-hybridized carbons (Fsp3) is 0.121. The summed E-state index contributed by atoms with van der Waals surface area (Å²) in [4.78, 5) is 24.6. The van der Waals surface area contributed by atoms with Gasteiger partial charge in [-0.05, 0) is 120 Å². The van der Waals surface area contributed by atoms with Crippen LogP contribution in [0.1, 0.15) is 33.3 Å². The van der Waals surface area contributed by atoms with Crippen molar-refractivity contribution in [1.82, 2.24) is 9.99 Å². The van der Waals surface area contributed by atoms with Gasteiger partial charge < -0.3 is 23.8 Å². The van der Waals surface area contributed by atoms with Gasteiger partial charge in [-0.15, -0.1) is 0 Å². The molecule has 0 aliphatic rings. The lowest BCUT2D eigenvalue weighted by Gasteiger charge is -2.10. The van der Waals surface area contributed by atoms with Gasteiger partial charge in [0.05, 0.1) is 10.7 Å². The van der Waals surface area contributed by atoms with E-state index in [0.29, 0.717) is 33.0 Å². The van der Waals surface area contributed by atoms with Gasteiger partial charge in [0.1, 0.15) is 29.7 Å². The summed E-state index contributed by atoms with van der Waals surface area (Å²) in [6.45, 7) is 4.01. The van der Waals surface area contributed by atoms with E-state index in [9.17, 15) is 14.0 Å². The maximum atomic E-state index is 13.3. The van der Waals surface area contributed by atoms with Crippen molar-refractivity contribution >= 4 is 39.6 Å².